The summed E-state index contributed by atoms with van der Waals surface area (Å²) in [6.07, 6.45) is 0. The van der Waals surface area contributed by atoms with Gasteiger partial charge in [-0.3, -0.25) is 4.79 Å². The molecule has 148 valence electrons. The van der Waals surface area contributed by atoms with Gasteiger partial charge >= 0.3 is 5.97 Å². The number of hydrogen-bond acceptors (Lipinski definition) is 5. The molecule has 0 atom stereocenters. The number of nitrogens with zero attached hydrogens (tertiary/aromatic N) is 2. The molecule has 0 aliphatic carbocycles. The zero-order chi connectivity index (χ0) is 20.1. The summed E-state index contributed by atoms with van der Waals surface area (Å²) in [6, 6.07) is 12.9. The highest BCUT2D eigenvalue weighted by Gasteiger charge is 2.23. The number of esters is 1. The van der Waals surface area contributed by atoms with Crippen molar-refractivity contribution in [2.24, 2.45) is 0 Å². The van der Waals surface area contributed by atoms with Crippen molar-refractivity contribution in [3.8, 4) is 5.75 Å². The third-order valence-corrected chi connectivity index (χ3v) is 4.94. The van der Waals surface area contributed by atoms with Crippen LogP contribution in [0.25, 0.3) is 0 Å². The Hall–Kier alpha value is -2.73. The van der Waals surface area contributed by atoms with Gasteiger partial charge in [0.1, 0.15) is 11.3 Å². The van der Waals surface area contributed by atoms with Crippen molar-refractivity contribution in [2.45, 2.75) is 6.92 Å². The Bertz CT molecular complexity index is 863. The highest BCUT2D eigenvalue weighted by atomic mass is 35.5. The molecule has 1 aliphatic rings. The van der Waals surface area contributed by atoms with E-state index in [-0.39, 0.29) is 12.5 Å². The van der Waals surface area contributed by atoms with Crippen LogP contribution in [0.1, 0.15) is 15.9 Å². The zero-order valence-corrected chi connectivity index (χ0v) is 16.7. The first-order valence-electron chi connectivity index (χ1n) is 9.08. The van der Waals surface area contributed by atoms with Crippen molar-refractivity contribution in [2.75, 3.05) is 44.8 Å². The molecule has 1 saturated heterocycles. The lowest BCUT2D eigenvalue weighted by Crippen LogP contribution is -2.49. The van der Waals surface area contributed by atoms with E-state index in [1.54, 1.807) is 17.0 Å². The number of halogens is 1. The second-order valence-electron chi connectivity index (χ2n) is 6.63. The largest absolute Gasteiger partial charge is 0.496 e. The van der Waals surface area contributed by atoms with Crippen LogP contribution in [0.4, 0.5) is 5.69 Å². The lowest BCUT2D eigenvalue weighted by atomic mass is 10.1. The van der Waals surface area contributed by atoms with Crippen molar-refractivity contribution in [1.29, 1.82) is 0 Å². The number of amides is 1. The van der Waals surface area contributed by atoms with Gasteiger partial charge in [0.25, 0.3) is 5.91 Å². The minimum absolute atomic E-state index is 0.203. The first-order valence-corrected chi connectivity index (χ1v) is 9.46. The van der Waals surface area contributed by atoms with Crippen molar-refractivity contribution in [1.82, 2.24) is 4.90 Å². The van der Waals surface area contributed by atoms with E-state index in [4.69, 9.17) is 21.1 Å². The smallest absolute Gasteiger partial charge is 0.342 e. The van der Waals surface area contributed by atoms with Crippen LogP contribution in [-0.2, 0) is 9.53 Å². The molecule has 28 heavy (non-hydrogen) atoms. The molecule has 2 aromatic rings. The fourth-order valence-corrected chi connectivity index (χ4v) is 3.35. The molecule has 1 amide bonds. The minimum atomic E-state index is -0.563. The molecule has 0 saturated carbocycles. The second kappa shape index (κ2) is 8.97. The highest BCUT2D eigenvalue weighted by Crippen LogP contribution is 2.22. The van der Waals surface area contributed by atoms with E-state index in [9.17, 15) is 9.59 Å². The first kappa shape index (κ1) is 20.0. The van der Waals surface area contributed by atoms with Crippen molar-refractivity contribution >= 4 is 29.2 Å². The molecule has 0 radical (unpaired) electrons. The predicted octanol–water partition coefficient (Wildman–Crippen LogP) is 3.16. The van der Waals surface area contributed by atoms with Gasteiger partial charge in [-0.2, -0.15) is 0 Å². The summed E-state index contributed by atoms with van der Waals surface area (Å²) in [5.41, 5.74) is 2.27. The lowest BCUT2D eigenvalue weighted by Gasteiger charge is -2.36. The van der Waals surface area contributed by atoms with Gasteiger partial charge in [-0.1, -0.05) is 29.3 Å². The number of carbonyl (C=O) groups excluding carboxylic acids is 2. The predicted molar refractivity (Wildman–Crippen MR) is 108 cm³/mol. The van der Waals surface area contributed by atoms with Gasteiger partial charge in [0.05, 0.1) is 7.11 Å². The summed E-state index contributed by atoms with van der Waals surface area (Å²) in [5, 5.41) is 0.689. The third-order valence-electron chi connectivity index (χ3n) is 4.71. The topological polar surface area (TPSA) is 59.1 Å². The molecule has 3 rings (SSSR count). The van der Waals surface area contributed by atoms with E-state index >= 15 is 0 Å². The average molecular weight is 403 g/mol. The molecular weight excluding hydrogens is 380 g/mol. The summed E-state index contributed by atoms with van der Waals surface area (Å²) in [4.78, 5) is 28.7. The SMILES string of the molecule is COc1ccc(C)cc1C(=O)OCC(=O)N1CCN(c2cccc(Cl)c2)CC1. The molecular formula is C21H23ClN2O4. The van der Waals surface area contributed by atoms with Crippen LogP contribution < -0.4 is 9.64 Å². The van der Waals surface area contributed by atoms with E-state index in [2.05, 4.69) is 4.90 Å². The number of anilines is 1. The second-order valence-corrected chi connectivity index (χ2v) is 7.06. The van der Waals surface area contributed by atoms with Gasteiger partial charge < -0.3 is 19.3 Å². The number of carbonyl (C=O) groups is 2. The molecule has 2 aromatic carbocycles. The van der Waals surface area contributed by atoms with E-state index in [0.29, 0.717) is 42.5 Å². The maximum absolute atomic E-state index is 12.4. The Labute approximate surface area is 169 Å². The fourth-order valence-electron chi connectivity index (χ4n) is 3.16. The third kappa shape index (κ3) is 4.75. The molecule has 7 heteroatoms. The number of methoxy groups -OCH3 is 1. The van der Waals surface area contributed by atoms with E-state index in [0.717, 1.165) is 11.3 Å². The molecule has 0 unspecified atom stereocenters. The summed E-state index contributed by atoms with van der Waals surface area (Å²) in [6.45, 7) is 4.12. The summed E-state index contributed by atoms with van der Waals surface area (Å²) < 4.78 is 10.4. The van der Waals surface area contributed by atoms with Crippen molar-refractivity contribution in [3.05, 3.63) is 58.6 Å². The molecule has 0 spiro atoms. The Morgan fingerprint density at radius 1 is 1.07 bits per heavy atom. The summed E-state index contributed by atoms with van der Waals surface area (Å²) >= 11 is 6.05. The van der Waals surface area contributed by atoms with Gasteiger partial charge in [-0.15, -0.1) is 0 Å². The number of hydrogen-bond donors (Lipinski definition) is 0. The number of piperazine rings is 1. The summed E-state index contributed by atoms with van der Waals surface area (Å²) in [7, 11) is 1.49. The van der Waals surface area contributed by atoms with Crippen LogP contribution in [0.5, 0.6) is 5.75 Å². The maximum atomic E-state index is 12.4. The molecule has 0 N–H and O–H groups in total. The first-order chi connectivity index (χ1) is 13.5. The van der Waals surface area contributed by atoms with Crippen LogP contribution >= 0.6 is 11.6 Å². The van der Waals surface area contributed by atoms with Gasteiger partial charge in [0, 0.05) is 36.9 Å². The fraction of sp³-hybridized carbons (Fsp3) is 0.333. The van der Waals surface area contributed by atoms with Gasteiger partial charge in [-0.05, 0) is 37.3 Å². The Kier molecular flexibility index (Phi) is 6.41. The van der Waals surface area contributed by atoms with Crippen LogP contribution in [-0.4, -0.2) is 56.7 Å². The molecule has 1 aliphatic heterocycles. The Balaban J connectivity index is 1.52. The Morgan fingerprint density at radius 3 is 2.50 bits per heavy atom. The normalized spacial score (nSPS) is 14.0. The maximum Gasteiger partial charge on any atom is 0.342 e. The highest BCUT2D eigenvalue weighted by molar-refractivity contribution is 6.30. The Morgan fingerprint density at radius 2 is 1.82 bits per heavy atom. The number of ether oxygens (including phenoxy) is 2. The lowest BCUT2D eigenvalue weighted by molar-refractivity contribution is -0.134. The van der Waals surface area contributed by atoms with Crippen molar-refractivity contribution in [3.63, 3.8) is 0 Å². The molecule has 1 heterocycles. The van der Waals surface area contributed by atoms with E-state index < -0.39 is 5.97 Å². The standard InChI is InChI=1S/C21H23ClN2O4/c1-15-6-7-19(27-2)18(12-15)21(26)28-14-20(25)24-10-8-23(9-11-24)17-5-3-4-16(22)13-17/h3-7,12-13H,8-11,14H2,1-2H3. The molecule has 0 aromatic heterocycles. The van der Waals surface area contributed by atoms with Crippen LogP contribution in [0.2, 0.25) is 5.02 Å². The zero-order valence-electron chi connectivity index (χ0n) is 16.0. The monoisotopic (exact) mass is 402 g/mol. The summed E-state index contributed by atoms with van der Waals surface area (Å²) in [5.74, 6) is -0.338. The molecule has 6 nitrogen and oxygen atoms in total. The van der Waals surface area contributed by atoms with Crippen LogP contribution in [0.3, 0.4) is 0 Å². The van der Waals surface area contributed by atoms with Gasteiger partial charge in [0.15, 0.2) is 6.61 Å². The minimum Gasteiger partial charge on any atom is -0.496 e. The molecule has 1 fully saturated rings. The number of benzene rings is 2. The van der Waals surface area contributed by atoms with E-state index in [1.165, 1.54) is 7.11 Å². The molecule has 0 bridgehead atoms. The average Bonchev–Trinajstić information content (AvgIpc) is 2.71. The van der Waals surface area contributed by atoms with E-state index in [1.807, 2.05) is 37.3 Å². The van der Waals surface area contributed by atoms with Gasteiger partial charge in [0.2, 0.25) is 0 Å². The van der Waals surface area contributed by atoms with Gasteiger partial charge in [-0.25, -0.2) is 4.79 Å². The van der Waals surface area contributed by atoms with Crippen LogP contribution in [0.15, 0.2) is 42.5 Å². The van der Waals surface area contributed by atoms with Crippen molar-refractivity contribution < 1.29 is 19.1 Å². The number of rotatable bonds is 5. The number of aryl methyl sites for hydroxylation is 1. The quantitative estimate of drug-likeness (QED) is 0.719. The van der Waals surface area contributed by atoms with Crippen LogP contribution in [0, 0.1) is 6.92 Å².